The molecule has 0 unspecified atom stereocenters. The summed E-state index contributed by atoms with van der Waals surface area (Å²) in [4.78, 5) is 31.8. The molecule has 1 aromatic rings. The second kappa shape index (κ2) is 7.00. The quantitative estimate of drug-likeness (QED) is 0.839. The lowest BCUT2D eigenvalue weighted by atomic mass is 10.2. The molecule has 1 saturated heterocycles. The first-order chi connectivity index (χ1) is 9.70. The molecule has 0 atom stereocenters. The number of amides is 2. The van der Waals surface area contributed by atoms with Crippen LogP contribution in [0.1, 0.15) is 17.3 Å². The van der Waals surface area contributed by atoms with E-state index in [1.54, 1.807) is 23.2 Å². The average molecular weight is 276 g/mol. The normalized spacial score (nSPS) is 15.9. The highest BCUT2D eigenvalue weighted by atomic mass is 16.2. The lowest BCUT2D eigenvalue weighted by Crippen LogP contribution is -2.51. The van der Waals surface area contributed by atoms with E-state index < -0.39 is 0 Å². The van der Waals surface area contributed by atoms with Crippen molar-refractivity contribution >= 4 is 11.8 Å². The van der Waals surface area contributed by atoms with Crippen LogP contribution in [-0.2, 0) is 4.79 Å². The maximum atomic E-state index is 12.0. The molecule has 6 heteroatoms. The molecule has 6 nitrogen and oxygen atoms in total. The Kier molecular flexibility index (Phi) is 5.06. The van der Waals surface area contributed by atoms with Crippen molar-refractivity contribution in [1.29, 1.82) is 0 Å². The van der Waals surface area contributed by atoms with Gasteiger partial charge in [0.1, 0.15) is 0 Å². The van der Waals surface area contributed by atoms with Crippen LogP contribution in [-0.4, -0.2) is 65.9 Å². The lowest BCUT2D eigenvalue weighted by molar-refractivity contribution is -0.131. The number of likely N-dealkylation sites (N-methyl/N-ethyl adjacent to an activating group) is 1. The topological polar surface area (TPSA) is 65.5 Å². The molecule has 108 valence electrons. The molecule has 0 spiro atoms. The van der Waals surface area contributed by atoms with Gasteiger partial charge in [-0.1, -0.05) is 6.92 Å². The lowest BCUT2D eigenvalue weighted by Gasteiger charge is -2.34. The molecule has 1 aliphatic heterocycles. The van der Waals surface area contributed by atoms with Crippen molar-refractivity contribution in [3.05, 3.63) is 30.1 Å². The van der Waals surface area contributed by atoms with Gasteiger partial charge in [-0.15, -0.1) is 0 Å². The third-order valence-corrected chi connectivity index (χ3v) is 3.50. The van der Waals surface area contributed by atoms with Crippen molar-refractivity contribution in [2.45, 2.75) is 6.92 Å². The fourth-order valence-electron chi connectivity index (χ4n) is 2.18. The summed E-state index contributed by atoms with van der Waals surface area (Å²) in [6.45, 7) is 6.44. The molecule has 1 aromatic heterocycles. The zero-order chi connectivity index (χ0) is 14.4. The zero-order valence-electron chi connectivity index (χ0n) is 11.7. The molecule has 2 amide bonds. The van der Waals surface area contributed by atoms with Gasteiger partial charge in [0.05, 0.1) is 12.1 Å². The largest absolute Gasteiger partial charge is 0.343 e. The van der Waals surface area contributed by atoms with Crippen molar-refractivity contribution in [3.63, 3.8) is 0 Å². The van der Waals surface area contributed by atoms with E-state index in [9.17, 15) is 9.59 Å². The number of hydrogen-bond donors (Lipinski definition) is 1. The van der Waals surface area contributed by atoms with E-state index >= 15 is 0 Å². The van der Waals surface area contributed by atoms with E-state index in [-0.39, 0.29) is 18.4 Å². The Labute approximate surface area is 118 Å². The Bertz CT molecular complexity index is 456. The molecule has 0 bridgehead atoms. The average Bonchev–Trinajstić information content (AvgIpc) is 2.53. The van der Waals surface area contributed by atoms with Crippen LogP contribution in [0.2, 0.25) is 0 Å². The van der Waals surface area contributed by atoms with Gasteiger partial charge in [-0.05, 0) is 18.7 Å². The third kappa shape index (κ3) is 3.77. The van der Waals surface area contributed by atoms with Gasteiger partial charge in [0.25, 0.3) is 5.91 Å². The van der Waals surface area contributed by atoms with Gasteiger partial charge in [-0.2, -0.15) is 0 Å². The van der Waals surface area contributed by atoms with Crippen LogP contribution in [0.25, 0.3) is 0 Å². The SMILES string of the molecule is CCN1CCN(C(=O)CNC(=O)c2cccnc2)CC1. The van der Waals surface area contributed by atoms with Crippen molar-refractivity contribution < 1.29 is 9.59 Å². The maximum Gasteiger partial charge on any atom is 0.253 e. The van der Waals surface area contributed by atoms with Crippen molar-refractivity contribution in [2.24, 2.45) is 0 Å². The van der Waals surface area contributed by atoms with Gasteiger partial charge in [0.15, 0.2) is 0 Å². The predicted molar refractivity (Wildman–Crippen MR) is 75.3 cm³/mol. The van der Waals surface area contributed by atoms with Crippen molar-refractivity contribution in [3.8, 4) is 0 Å². The Morgan fingerprint density at radius 1 is 1.30 bits per heavy atom. The Morgan fingerprint density at radius 2 is 2.05 bits per heavy atom. The van der Waals surface area contributed by atoms with Gasteiger partial charge >= 0.3 is 0 Å². The number of pyridine rings is 1. The van der Waals surface area contributed by atoms with Gasteiger partial charge in [-0.3, -0.25) is 14.6 Å². The number of rotatable bonds is 4. The van der Waals surface area contributed by atoms with Gasteiger partial charge in [0, 0.05) is 38.6 Å². The number of piperazine rings is 1. The van der Waals surface area contributed by atoms with Gasteiger partial charge in [-0.25, -0.2) is 0 Å². The van der Waals surface area contributed by atoms with Gasteiger partial charge in [0.2, 0.25) is 5.91 Å². The first kappa shape index (κ1) is 14.5. The van der Waals surface area contributed by atoms with E-state index in [0.29, 0.717) is 5.56 Å². The monoisotopic (exact) mass is 276 g/mol. The fraction of sp³-hybridized carbons (Fsp3) is 0.500. The van der Waals surface area contributed by atoms with Crippen LogP contribution in [0, 0.1) is 0 Å². The predicted octanol–water partition coefficient (Wildman–Crippen LogP) is -0.0245. The number of aromatic nitrogens is 1. The summed E-state index contributed by atoms with van der Waals surface area (Å²) in [7, 11) is 0. The molecule has 1 N–H and O–H groups in total. The minimum Gasteiger partial charge on any atom is -0.343 e. The van der Waals surface area contributed by atoms with Crippen LogP contribution >= 0.6 is 0 Å². The zero-order valence-corrected chi connectivity index (χ0v) is 11.7. The van der Waals surface area contributed by atoms with Crippen LogP contribution in [0.5, 0.6) is 0 Å². The van der Waals surface area contributed by atoms with E-state index in [2.05, 4.69) is 22.1 Å². The smallest absolute Gasteiger partial charge is 0.253 e. The highest BCUT2D eigenvalue weighted by Gasteiger charge is 2.20. The molecule has 0 radical (unpaired) electrons. The van der Waals surface area contributed by atoms with Crippen LogP contribution < -0.4 is 5.32 Å². The van der Waals surface area contributed by atoms with E-state index in [4.69, 9.17) is 0 Å². The maximum absolute atomic E-state index is 12.0. The summed E-state index contributed by atoms with van der Waals surface area (Å²) in [6.07, 6.45) is 3.09. The molecule has 0 aliphatic carbocycles. The van der Waals surface area contributed by atoms with Crippen LogP contribution in [0.4, 0.5) is 0 Å². The molecular formula is C14H20N4O2. The molecule has 1 aliphatic rings. The number of nitrogens with one attached hydrogen (secondary N) is 1. The molecule has 20 heavy (non-hydrogen) atoms. The minimum atomic E-state index is -0.265. The second-order valence-corrected chi connectivity index (χ2v) is 4.74. The summed E-state index contributed by atoms with van der Waals surface area (Å²) < 4.78 is 0. The van der Waals surface area contributed by atoms with Gasteiger partial charge < -0.3 is 15.1 Å². The molecule has 2 heterocycles. The first-order valence-corrected chi connectivity index (χ1v) is 6.89. The summed E-state index contributed by atoms with van der Waals surface area (Å²) >= 11 is 0. The van der Waals surface area contributed by atoms with Crippen molar-refractivity contribution in [1.82, 2.24) is 20.1 Å². The van der Waals surface area contributed by atoms with Crippen LogP contribution in [0.3, 0.4) is 0 Å². The highest BCUT2D eigenvalue weighted by Crippen LogP contribution is 2.01. The molecule has 2 rings (SSSR count). The number of carbonyl (C=O) groups excluding carboxylic acids is 2. The Morgan fingerprint density at radius 3 is 2.65 bits per heavy atom. The summed E-state index contributed by atoms with van der Waals surface area (Å²) in [5, 5.41) is 2.64. The first-order valence-electron chi connectivity index (χ1n) is 6.89. The van der Waals surface area contributed by atoms with E-state index in [1.807, 2.05) is 0 Å². The van der Waals surface area contributed by atoms with Crippen LogP contribution in [0.15, 0.2) is 24.5 Å². The summed E-state index contributed by atoms with van der Waals surface area (Å²) in [6, 6.07) is 3.37. The minimum absolute atomic E-state index is 0.0296. The summed E-state index contributed by atoms with van der Waals surface area (Å²) in [5.74, 6) is -0.295. The van der Waals surface area contributed by atoms with E-state index in [1.165, 1.54) is 6.20 Å². The number of nitrogens with zero attached hydrogens (tertiary/aromatic N) is 3. The number of carbonyl (C=O) groups is 2. The molecule has 0 aromatic carbocycles. The third-order valence-electron chi connectivity index (χ3n) is 3.50. The van der Waals surface area contributed by atoms with E-state index in [0.717, 1.165) is 32.7 Å². The Hall–Kier alpha value is -1.95. The standard InChI is InChI=1S/C14H20N4O2/c1-2-17-6-8-18(9-7-17)13(19)11-16-14(20)12-4-3-5-15-10-12/h3-5,10H,2,6-9,11H2,1H3,(H,16,20). The number of hydrogen-bond acceptors (Lipinski definition) is 4. The highest BCUT2D eigenvalue weighted by molar-refractivity contribution is 5.96. The fourth-order valence-corrected chi connectivity index (χ4v) is 2.18. The Balaban J connectivity index is 1.77. The molecule has 0 saturated carbocycles. The summed E-state index contributed by atoms with van der Waals surface area (Å²) in [5.41, 5.74) is 0.469. The molecule has 1 fully saturated rings. The molecular weight excluding hydrogens is 256 g/mol. The van der Waals surface area contributed by atoms with Crippen molar-refractivity contribution in [2.75, 3.05) is 39.3 Å². The second-order valence-electron chi connectivity index (χ2n) is 4.74.